The van der Waals surface area contributed by atoms with Crippen LogP contribution in [0, 0.1) is 11.6 Å². The highest BCUT2D eigenvalue weighted by Gasteiger charge is 2.28. The fourth-order valence-corrected chi connectivity index (χ4v) is 2.76. The SMILES string of the molecule is O=C(c1cc(F)cc(F)c1)C1CCCc2cccnc21. The van der Waals surface area contributed by atoms with Gasteiger partial charge in [-0.05, 0) is 43.0 Å². The second-order valence-corrected chi connectivity index (χ2v) is 5.01. The third-order valence-electron chi connectivity index (χ3n) is 3.66. The molecule has 1 unspecified atom stereocenters. The van der Waals surface area contributed by atoms with E-state index in [0.29, 0.717) is 6.42 Å². The molecule has 0 amide bonds. The molecule has 4 heteroatoms. The van der Waals surface area contributed by atoms with Crippen LogP contribution in [0.25, 0.3) is 0 Å². The van der Waals surface area contributed by atoms with Crippen LogP contribution in [0.5, 0.6) is 0 Å². The van der Waals surface area contributed by atoms with E-state index in [1.54, 1.807) is 6.20 Å². The van der Waals surface area contributed by atoms with Crippen LogP contribution in [0.4, 0.5) is 8.78 Å². The van der Waals surface area contributed by atoms with E-state index in [1.165, 1.54) is 0 Å². The Morgan fingerprint density at radius 2 is 1.95 bits per heavy atom. The first-order chi connectivity index (χ1) is 9.65. The minimum atomic E-state index is -0.731. The Kier molecular flexibility index (Phi) is 3.30. The predicted octanol–water partition coefficient (Wildman–Crippen LogP) is 3.66. The van der Waals surface area contributed by atoms with Crippen LogP contribution in [-0.2, 0) is 6.42 Å². The minimum Gasteiger partial charge on any atom is -0.293 e. The summed E-state index contributed by atoms with van der Waals surface area (Å²) in [6, 6.07) is 6.73. The van der Waals surface area contributed by atoms with E-state index < -0.39 is 17.6 Å². The number of hydrogen-bond acceptors (Lipinski definition) is 2. The highest BCUT2D eigenvalue weighted by molar-refractivity contribution is 6.01. The van der Waals surface area contributed by atoms with Gasteiger partial charge in [0.1, 0.15) is 11.6 Å². The van der Waals surface area contributed by atoms with Crippen molar-refractivity contribution in [2.24, 2.45) is 0 Å². The second-order valence-electron chi connectivity index (χ2n) is 5.01. The van der Waals surface area contributed by atoms with Gasteiger partial charge in [-0.1, -0.05) is 6.07 Å². The van der Waals surface area contributed by atoms with Crippen molar-refractivity contribution in [1.29, 1.82) is 0 Å². The number of hydrogen-bond donors (Lipinski definition) is 0. The summed E-state index contributed by atoms with van der Waals surface area (Å²) < 4.78 is 26.5. The lowest BCUT2D eigenvalue weighted by Crippen LogP contribution is -2.20. The normalized spacial score (nSPS) is 17.6. The van der Waals surface area contributed by atoms with Gasteiger partial charge in [0.2, 0.25) is 0 Å². The van der Waals surface area contributed by atoms with Crippen molar-refractivity contribution < 1.29 is 13.6 Å². The quantitative estimate of drug-likeness (QED) is 0.781. The fourth-order valence-electron chi connectivity index (χ4n) is 2.76. The third-order valence-corrected chi connectivity index (χ3v) is 3.66. The number of halogens is 2. The van der Waals surface area contributed by atoms with Gasteiger partial charge >= 0.3 is 0 Å². The minimum absolute atomic E-state index is 0.0750. The zero-order valence-corrected chi connectivity index (χ0v) is 10.8. The highest BCUT2D eigenvalue weighted by atomic mass is 19.1. The van der Waals surface area contributed by atoms with Crippen molar-refractivity contribution in [3.8, 4) is 0 Å². The molecule has 0 bridgehead atoms. The van der Waals surface area contributed by atoms with Gasteiger partial charge in [-0.25, -0.2) is 8.78 Å². The second kappa shape index (κ2) is 5.12. The lowest BCUT2D eigenvalue weighted by Gasteiger charge is -2.23. The maximum atomic E-state index is 13.2. The van der Waals surface area contributed by atoms with Crippen LogP contribution in [0.1, 0.15) is 40.4 Å². The smallest absolute Gasteiger partial charge is 0.172 e. The van der Waals surface area contributed by atoms with Crippen LogP contribution in [-0.4, -0.2) is 10.8 Å². The zero-order valence-electron chi connectivity index (χ0n) is 10.8. The van der Waals surface area contributed by atoms with E-state index in [9.17, 15) is 13.6 Å². The van der Waals surface area contributed by atoms with Gasteiger partial charge in [0, 0.05) is 17.8 Å². The van der Waals surface area contributed by atoms with Crippen LogP contribution >= 0.6 is 0 Å². The molecule has 1 aliphatic carbocycles. The summed E-state index contributed by atoms with van der Waals surface area (Å²) in [5.74, 6) is -2.12. The van der Waals surface area contributed by atoms with Crippen molar-refractivity contribution in [3.05, 3.63) is 65.0 Å². The van der Waals surface area contributed by atoms with Crippen molar-refractivity contribution >= 4 is 5.78 Å². The molecule has 0 spiro atoms. The topological polar surface area (TPSA) is 30.0 Å². The Morgan fingerprint density at radius 3 is 2.70 bits per heavy atom. The molecule has 3 rings (SSSR count). The van der Waals surface area contributed by atoms with E-state index >= 15 is 0 Å². The number of carbonyl (C=O) groups excluding carboxylic acids is 1. The lowest BCUT2D eigenvalue weighted by atomic mass is 9.82. The van der Waals surface area contributed by atoms with E-state index in [1.807, 2.05) is 12.1 Å². The number of benzene rings is 1. The number of aryl methyl sites for hydroxylation is 1. The average Bonchev–Trinajstić information content (AvgIpc) is 2.45. The molecule has 0 aliphatic heterocycles. The number of rotatable bonds is 2. The van der Waals surface area contributed by atoms with Gasteiger partial charge in [0.15, 0.2) is 5.78 Å². The van der Waals surface area contributed by atoms with E-state index in [0.717, 1.165) is 42.3 Å². The number of nitrogens with zero attached hydrogens (tertiary/aromatic N) is 1. The van der Waals surface area contributed by atoms with Crippen LogP contribution in [0.3, 0.4) is 0 Å². The van der Waals surface area contributed by atoms with Crippen LogP contribution in [0.15, 0.2) is 36.5 Å². The zero-order chi connectivity index (χ0) is 14.1. The van der Waals surface area contributed by atoms with Crippen molar-refractivity contribution in [3.63, 3.8) is 0 Å². The molecule has 1 aliphatic rings. The molecule has 2 nitrogen and oxygen atoms in total. The van der Waals surface area contributed by atoms with Gasteiger partial charge in [-0.2, -0.15) is 0 Å². The van der Waals surface area contributed by atoms with Crippen molar-refractivity contribution in [1.82, 2.24) is 4.98 Å². The van der Waals surface area contributed by atoms with Crippen LogP contribution in [0.2, 0.25) is 0 Å². The molecule has 20 heavy (non-hydrogen) atoms. The van der Waals surface area contributed by atoms with E-state index in [-0.39, 0.29) is 11.3 Å². The number of carbonyl (C=O) groups is 1. The molecule has 2 aromatic rings. The Hall–Kier alpha value is -2.10. The third kappa shape index (κ3) is 2.33. The molecule has 0 saturated heterocycles. The average molecular weight is 273 g/mol. The molecule has 1 aromatic heterocycles. The van der Waals surface area contributed by atoms with Gasteiger partial charge in [-0.3, -0.25) is 9.78 Å². The Labute approximate surface area is 115 Å². The molecule has 1 aromatic carbocycles. The van der Waals surface area contributed by atoms with Gasteiger partial charge < -0.3 is 0 Å². The number of ketones is 1. The molecule has 0 saturated carbocycles. The summed E-state index contributed by atoms with van der Waals surface area (Å²) in [7, 11) is 0. The fraction of sp³-hybridized carbons (Fsp3) is 0.250. The maximum absolute atomic E-state index is 13.2. The number of Topliss-reactive ketones (excluding diaryl/α,β-unsaturated/α-hetero) is 1. The molecule has 1 heterocycles. The molecule has 0 N–H and O–H groups in total. The Balaban J connectivity index is 1.99. The van der Waals surface area contributed by atoms with Crippen molar-refractivity contribution in [2.45, 2.75) is 25.2 Å². The Bertz CT molecular complexity index is 649. The van der Waals surface area contributed by atoms with Crippen molar-refractivity contribution in [2.75, 3.05) is 0 Å². The first-order valence-corrected chi connectivity index (χ1v) is 6.59. The monoisotopic (exact) mass is 273 g/mol. The summed E-state index contributed by atoms with van der Waals surface area (Å²) in [4.78, 5) is 16.8. The summed E-state index contributed by atoms with van der Waals surface area (Å²) in [5.41, 5.74) is 1.87. The summed E-state index contributed by atoms with van der Waals surface area (Å²) in [6.45, 7) is 0. The number of fused-ring (bicyclic) bond motifs is 1. The molecule has 102 valence electrons. The van der Waals surface area contributed by atoms with E-state index in [4.69, 9.17) is 0 Å². The standard InChI is InChI=1S/C16H13F2NO/c17-12-7-11(8-13(18)9-12)16(20)14-5-1-3-10-4-2-6-19-15(10)14/h2,4,6-9,14H,1,3,5H2. The maximum Gasteiger partial charge on any atom is 0.172 e. The molecular weight excluding hydrogens is 260 g/mol. The largest absolute Gasteiger partial charge is 0.293 e. The van der Waals surface area contributed by atoms with Crippen LogP contribution < -0.4 is 0 Å². The highest BCUT2D eigenvalue weighted by Crippen LogP contribution is 2.32. The van der Waals surface area contributed by atoms with Gasteiger partial charge in [-0.15, -0.1) is 0 Å². The summed E-state index contributed by atoms with van der Waals surface area (Å²) >= 11 is 0. The van der Waals surface area contributed by atoms with Gasteiger partial charge in [0.05, 0.1) is 11.6 Å². The lowest BCUT2D eigenvalue weighted by molar-refractivity contribution is 0.0948. The molecular formula is C16H13F2NO. The molecule has 0 radical (unpaired) electrons. The summed E-state index contributed by atoms with van der Waals surface area (Å²) in [6.07, 6.45) is 4.09. The number of aromatic nitrogens is 1. The number of pyridine rings is 1. The first-order valence-electron chi connectivity index (χ1n) is 6.59. The summed E-state index contributed by atoms with van der Waals surface area (Å²) in [5, 5.41) is 0. The molecule has 1 atom stereocenters. The van der Waals surface area contributed by atoms with Gasteiger partial charge in [0.25, 0.3) is 0 Å². The Morgan fingerprint density at radius 1 is 1.20 bits per heavy atom. The predicted molar refractivity (Wildman–Crippen MR) is 70.6 cm³/mol. The molecule has 0 fully saturated rings. The first kappa shape index (κ1) is 12.9. The van der Waals surface area contributed by atoms with E-state index in [2.05, 4.69) is 4.98 Å².